The van der Waals surface area contributed by atoms with Crippen LogP contribution in [0, 0.1) is 0 Å². The largest absolute Gasteiger partial charge is 0.326 e. The van der Waals surface area contributed by atoms with Crippen LogP contribution < -0.4 is 26.5 Å². The Hall–Kier alpha value is -3.50. The maximum Gasteiger partial charge on any atom is 0.221 e. The maximum absolute atomic E-state index is 14.8. The van der Waals surface area contributed by atoms with Gasteiger partial charge in [0.2, 0.25) is 11.8 Å². The van der Waals surface area contributed by atoms with Gasteiger partial charge in [-0.3, -0.25) is 14.4 Å². The van der Waals surface area contributed by atoms with E-state index < -0.39 is 7.14 Å². The third-order valence-corrected chi connectivity index (χ3v) is 7.80. The van der Waals surface area contributed by atoms with Gasteiger partial charge in [0.1, 0.15) is 5.78 Å². The Morgan fingerprint density at radius 2 is 1.12 bits per heavy atom. The van der Waals surface area contributed by atoms with Crippen molar-refractivity contribution in [1.29, 1.82) is 0 Å². The molecule has 7 heteroatoms. The van der Waals surface area contributed by atoms with Crippen LogP contribution in [0.15, 0.2) is 72.8 Å². The first-order valence-corrected chi connectivity index (χ1v) is 11.8. The second-order valence-electron chi connectivity index (χ2n) is 7.62. The van der Waals surface area contributed by atoms with Gasteiger partial charge in [0.05, 0.1) is 0 Å². The lowest BCUT2D eigenvalue weighted by Gasteiger charge is -2.22. The van der Waals surface area contributed by atoms with Gasteiger partial charge >= 0.3 is 0 Å². The fourth-order valence-electron chi connectivity index (χ4n) is 3.56. The highest BCUT2D eigenvalue weighted by Gasteiger charge is 2.31. The summed E-state index contributed by atoms with van der Waals surface area (Å²) in [5.74, 6) is -0.446. The second kappa shape index (κ2) is 9.75. The van der Waals surface area contributed by atoms with Gasteiger partial charge in [-0.2, -0.15) is 0 Å². The zero-order valence-electron chi connectivity index (χ0n) is 18.2. The van der Waals surface area contributed by atoms with Crippen molar-refractivity contribution in [1.82, 2.24) is 0 Å². The zero-order chi connectivity index (χ0) is 23.3. The summed E-state index contributed by atoms with van der Waals surface area (Å²) >= 11 is 0. The van der Waals surface area contributed by atoms with E-state index in [1.165, 1.54) is 20.8 Å². The molecule has 3 rings (SSSR count). The predicted octanol–water partition coefficient (Wildman–Crippen LogP) is 3.37. The lowest BCUT2D eigenvalue weighted by Crippen LogP contribution is -2.26. The summed E-state index contributed by atoms with van der Waals surface area (Å²) in [5.41, 5.74) is 1.84. The average Bonchev–Trinajstić information content (AvgIpc) is 2.72. The van der Waals surface area contributed by atoms with Crippen LogP contribution in [0.5, 0.6) is 0 Å². The molecule has 0 spiro atoms. The van der Waals surface area contributed by atoms with Crippen LogP contribution in [0.4, 0.5) is 11.4 Å². The van der Waals surface area contributed by atoms with Crippen LogP contribution in [0.2, 0.25) is 0 Å². The number of anilines is 2. The summed E-state index contributed by atoms with van der Waals surface area (Å²) in [4.78, 5) is 34.8. The van der Waals surface area contributed by atoms with Gasteiger partial charge < -0.3 is 15.2 Å². The number of carbonyl (C=O) groups excluding carboxylic acids is 3. The van der Waals surface area contributed by atoms with E-state index in [9.17, 15) is 18.9 Å². The van der Waals surface area contributed by atoms with Gasteiger partial charge in [-0.1, -0.05) is 42.5 Å². The van der Waals surface area contributed by atoms with E-state index in [1.54, 1.807) is 66.7 Å². The first-order valence-electron chi connectivity index (χ1n) is 10.1. The number of amides is 2. The molecule has 6 nitrogen and oxygen atoms in total. The lowest BCUT2D eigenvalue weighted by atomic mass is 10.1. The number of nitrogens with one attached hydrogen (secondary N) is 2. The summed E-state index contributed by atoms with van der Waals surface area (Å²) < 4.78 is 14.8. The molecular formula is C25H25N2O4P. The Bertz CT molecular complexity index is 1080. The normalized spacial score (nSPS) is 11.0. The first-order chi connectivity index (χ1) is 15.2. The molecule has 2 N–H and O–H groups in total. The second-order valence-corrected chi connectivity index (χ2v) is 10.4. The van der Waals surface area contributed by atoms with Crippen molar-refractivity contribution in [2.24, 2.45) is 0 Å². The zero-order valence-corrected chi connectivity index (χ0v) is 19.1. The molecule has 0 aromatic heterocycles. The highest BCUT2D eigenvalue weighted by molar-refractivity contribution is 7.85. The maximum atomic E-state index is 14.8. The minimum atomic E-state index is -3.40. The molecule has 0 atom stereocenters. The Morgan fingerprint density at radius 1 is 0.688 bits per heavy atom. The fraction of sp³-hybridized carbons (Fsp3) is 0.160. The van der Waals surface area contributed by atoms with Crippen LogP contribution in [0.25, 0.3) is 0 Å². The predicted molar refractivity (Wildman–Crippen MR) is 129 cm³/mol. The Balaban J connectivity index is 2.23. The van der Waals surface area contributed by atoms with Crippen molar-refractivity contribution >= 4 is 52.0 Å². The van der Waals surface area contributed by atoms with Crippen LogP contribution in [0.3, 0.4) is 0 Å². The van der Waals surface area contributed by atoms with Crippen molar-refractivity contribution in [3.63, 3.8) is 0 Å². The summed E-state index contributed by atoms with van der Waals surface area (Å²) in [6, 6.07) is 21.0. The SMILES string of the molecule is CC(=O)Cc1cccc(P(=O)(c2cccc(NC(C)=O)c2)c2cccc(NC(C)=O)c2)c1. The van der Waals surface area contributed by atoms with E-state index >= 15 is 0 Å². The third-order valence-electron chi connectivity index (χ3n) is 4.79. The van der Waals surface area contributed by atoms with Crippen molar-refractivity contribution in [3.05, 3.63) is 78.4 Å². The number of hydrogen-bond acceptors (Lipinski definition) is 4. The van der Waals surface area contributed by atoms with Crippen LogP contribution in [-0.2, 0) is 25.4 Å². The standard InChI is InChI=1S/C25H25N2O4P/c1-17(28)13-20-7-4-10-23(14-20)32(31,24-11-5-8-21(15-24)26-18(2)29)25-12-6-9-22(16-25)27-19(3)30/h4-12,14-16H,13H2,1-3H3,(H,26,29)(H,27,30). The van der Waals surface area contributed by atoms with Gasteiger partial charge in [0.15, 0.2) is 7.14 Å². The topological polar surface area (TPSA) is 92.3 Å². The summed E-state index contributed by atoms with van der Waals surface area (Å²) in [6.07, 6.45) is 0.242. The summed E-state index contributed by atoms with van der Waals surface area (Å²) in [7, 11) is -3.40. The number of ketones is 1. The molecule has 0 saturated heterocycles. The minimum Gasteiger partial charge on any atom is -0.326 e. The highest BCUT2D eigenvalue weighted by Crippen LogP contribution is 2.43. The van der Waals surface area contributed by atoms with Crippen molar-refractivity contribution < 1.29 is 18.9 Å². The van der Waals surface area contributed by atoms with Crippen molar-refractivity contribution in [2.75, 3.05) is 10.6 Å². The molecular weight excluding hydrogens is 423 g/mol. The molecule has 0 bridgehead atoms. The number of rotatable bonds is 7. The summed E-state index contributed by atoms with van der Waals surface area (Å²) in [5, 5.41) is 7.10. The lowest BCUT2D eigenvalue weighted by molar-refractivity contribution is -0.116. The monoisotopic (exact) mass is 448 g/mol. The van der Waals surface area contributed by atoms with E-state index in [1.807, 2.05) is 6.07 Å². The van der Waals surface area contributed by atoms with Gasteiger partial charge in [-0.15, -0.1) is 0 Å². The van der Waals surface area contributed by atoms with E-state index in [-0.39, 0.29) is 24.0 Å². The van der Waals surface area contributed by atoms with Crippen molar-refractivity contribution in [2.45, 2.75) is 27.2 Å². The molecule has 164 valence electrons. The minimum absolute atomic E-state index is 0.0114. The number of benzene rings is 3. The van der Waals surface area contributed by atoms with E-state index in [2.05, 4.69) is 10.6 Å². The van der Waals surface area contributed by atoms with Gasteiger partial charge in [-0.25, -0.2) is 0 Å². The van der Waals surface area contributed by atoms with Crippen LogP contribution in [-0.4, -0.2) is 17.6 Å². The molecule has 0 fully saturated rings. The molecule has 32 heavy (non-hydrogen) atoms. The molecule has 3 aromatic carbocycles. The van der Waals surface area contributed by atoms with Crippen LogP contribution in [0.1, 0.15) is 26.3 Å². The van der Waals surface area contributed by atoms with Gasteiger partial charge in [0, 0.05) is 47.6 Å². The molecule has 0 aliphatic rings. The Labute approximate surface area is 187 Å². The first kappa shape index (κ1) is 23.2. The molecule has 3 aromatic rings. The average molecular weight is 448 g/mol. The molecule has 0 aliphatic carbocycles. The number of Topliss-reactive ketones (excluding diaryl/α,β-unsaturated/α-hetero) is 1. The Morgan fingerprint density at radius 3 is 1.56 bits per heavy atom. The van der Waals surface area contributed by atoms with Gasteiger partial charge in [0.25, 0.3) is 0 Å². The molecule has 0 aliphatic heterocycles. The third kappa shape index (κ3) is 5.40. The fourth-order valence-corrected chi connectivity index (χ4v) is 6.33. The highest BCUT2D eigenvalue weighted by atomic mass is 31.2. The van der Waals surface area contributed by atoms with E-state index in [4.69, 9.17) is 0 Å². The molecule has 0 radical (unpaired) electrons. The quantitative estimate of drug-likeness (QED) is 0.542. The van der Waals surface area contributed by atoms with Gasteiger partial charge in [-0.05, 0) is 42.8 Å². The number of hydrogen-bond donors (Lipinski definition) is 2. The molecule has 0 saturated carbocycles. The summed E-state index contributed by atoms with van der Waals surface area (Å²) in [6.45, 7) is 4.34. The van der Waals surface area contributed by atoms with Crippen LogP contribution >= 0.6 is 7.14 Å². The Kier molecular flexibility index (Phi) is 7.06. The van der Waals surface area contributed by atoms with E-state index in [0.717, 1.165) is 5.56 Å². The molecule has 2 amide bonds. The smallest absolute Gasteiger partial charge is 0.221 e. The van der Waals surface area contributed by atoms with E-state index in [0.29, 0.717) is 27.3 Å². The number of carbonyl (C=O) groups is 3. The molecule has 0 heterocycles. The molecule has 0 unspecified atom stereocenters. The van der Waals surface area contributed by atoms with Crippen molar-refractivity contribution in [3.8, 4) is 0 Å².